The van der Waals surface area contributed by atoms with Crippen LogP contribution in [0, 0.1) is 6.92 Å². The van der Waals surface area contributed by atoms with E-state index in [0.717, 1.165) is 48.9 Å². The molecule has 0 aliphatic carbocycles. The van der Waals surface area contributed by atoms with Crippen molar-refractivity contribution in [2.75, 3.05) is 57.1 Å². The van der Waals surface area contributed by atoms with Crippen LogP contribution in [0.4, 0.5) is 11.4 Å². The van der Waals surface area contributed by atoms with E-state index in [1.165, 1.54) is 4.90 Å². The highest BCUT2D eigenvalue weighted by Crippen LogP contribution is 2.22. The number of piperazine rings is 1. The average molecular weight is 425 g/mol. The van der Waals surface area contributed by atoms with Crippen LogP contribution in [0.2, 0.25) is 0 Å². The molecule has 166 valence electrons. The summed E-state index contributed by atoms with van der Waals surface area (Å²) in [7, 11) is 3.35. The molecule has 1 fully saturated rings. The molecule has 31 heavy (non-hydrogen) atoms. The van der Waals surface area contributed by atoms with Crippen LogP contribution >= 0.6 is 0 Å². The molecule has 0 saturated carbocycles. The Balaban J connectivity index is 1.49. The molecule has 2 aromatic carbocycles. The van der Waals surface area contributed by atoms with E-state index in [9.17, 15) is 9.59 Å². The van der Waals surface area contributed by atoms with Crippen molar-refractivity contribution in [1.29, 1.82) is 0 Å². The van der Waals surface area contributed by atoms with Gasteiger partial charge in [-0.15, -0.1) is 0 Å². The standard InChI is InChI=1S/C24H32N4O3/c1-18-8-10-20(11-9-18)25-23(29)17-26(3)24(30)19(2)27-12-14-28(15-13-27)21-6-5-7-22(16-21)31-4/h5-11,16,19H,12-15,17H2,1-4H3,(H,25,29)/t19-/m0/s1. The summed E-state index contributed by atoms with van der Waals surface area (Å²) < 4.78 is 5.32. The second-order valence-electron chi connectivity index (χ2n) is 8.01. The third-order valence-corrected chi connectivity index (χ3v) is 5.73. The van der Waals surface area contributed by atoms with E-state index in [1.54, 1.807) is 14.2 Å². The summed E-state index contributed by atoms with van der Waals surface area (Å²) in [5.41, 5.74) is 2.99. The minimum absolute atomic E-state index is 0.0286. The van der Waals surface area contributed by atoms with E-state index in [2.05, 4.69) is 21.2 Å². The summed E-state index contributed by atoms with van der Waals surface area (Å²) in [5, 5.41) is 2.84. The Labute approximate surface area is 184 Å². The van der Waals surface area contributed by atoms with Gasteiger partial charge < -0.3 is 19.9 Å². The second kappa shape index (κ2) is 10.3. The lowest BCUT2D eigenvalue weighted by molar-refractivity contribution is -0.137. The average Bonchev–Trinajstić information content (AvgIpc) is 2.79. The summed E-state index contributed by atoms with van der Waals surface area (Å²) in [6.07, 6.45) is 0. The van der Waals surface area contributed by atoms with Crippen LogP contribution in [-0.2, 0) is 9.59 Å². The van der Waals surface area contributed by atoms with Crippen molar-refractivity contribution < 1.29 is 14.3 Å². The molecule has 7 heteroatoms. The molecule has 1 saturated heterocycles. The van der Waals surface area contributed by atoms with E-state index in [4.69, 9.17) is 4.74 Å². The third-order valence-electron chi connectivity index (χ3n) is 5.73. The lowest BCUT2D eigenvalue weighted by atomic mass is 10.2. The van der Waals surface area contributed by atoms with Gasteiger partial charge in [-0.25, -0.2) is 0 Å². The van der Waals surface area contributed by atoms with Gasteiger partial charge >= 0.3 is 0 Å². The monoisotopic (exact) mass is 424 g/mol. The van der Waals surface area contributed by atoms with Gasteiger partial charge in [0, 0.05) is 50.7 Å². The normalized spacial score (nSPS) is 15.3. The van der Waals surface area contributed by atoms with E-state index < -0.39 is 0 Å². The molecule has 0 aromatic heterocycles. The third kappa shape index (κ3) is 5.98. The van der Waals surface area contributed by atoms with Crippen molar-refractivity contribution in [1.82, 2.24) is 9.80 Å². The first-order valence-corrected chi connectivity index (χ1v) is 10.6. The molecule has 1 N–H and O–H groups in total. The predicted molar refractivity (Wildman–Crippen MR) is 124 cm³/mol. The Bertz CT molecular complexity index is 892. The topological polar surface area (TPSA) is 65.1 Å². The number of hydrogen-bond donors (Lipinski definition) is 1. The van der Waals surface area contributed by atoms with Crippen LogP contribution < -0.4 is 15.0 Å². The zero-order valence-corrected chi connectivity index (χ0v) is 18.8. The van der Waals surface area contributed by atoms with Crippen molar-refractivity contribution in [2.45, 2.75) is 19.9 Å². The Morgan fingerprint density at radius 2 is 1.77 bits per heavy atom. The van der Waals surface area contributed by atoms with Gasteiger partial charge in [0.25, 0.3) is 0 Å². The number of aryl methyl sites for hydroxylation is 1. The van der Waals surface area contributed by atoms with E-state index in [-0.39, 0.29) is 24.4 Å². The SMILES string of the molecule is COc1cccc(N2CCN([C@@H](C)C(=O)N(C)CC(=O)Nc3ccc(C)cc3)CC2)c1. The molecule has 0 unspecified atom stereocenters. The fourth-order valence-electron chi connectivity index (χ4n) is 3.78. The first-order valence-electron chi connectivity index (χ1n) is 10.6. The second-order valence-corrected chi connectivity index (χ2v) is 8.01. The quantitative estimate of drug-likeness (QED) is 0.740. The van der Waals surface area contributed by atoms with Crippen LogP contribution in [0.5, 0.6) is 5.75 Å². The molecule has 0 bridgehead atoms. The number of ether oxygens (including phenoxy) is 1. The van der Waals surface area contributed by atoms with Gasteiger partial charge in [-0.2, -0.15) is 0 Å². The number of benzene rings is 2. The molecule has 1 heterocycles. The number of hydrogen-bond acceptors (Lipinski definition) is 5. The Kier molecular flexibility index (Phi) is 7.52. The van der Waals surface area contributed by atoms with Crippen LogP contribution in [0.25, 0.3) is 0 Å². The van der Waals surface area contributed by atoms with Crippen LogP contribution in [0.1, 0.15) is 12.5 Å². The van der Waals surface area contributed by atoms with Gasteiger partial charge in [-0.1, -0.05) is 23.8 Å². The maximum Gasteiger partial charge on any atom is 0.243 e. The Morgan fingerprint density at radius 1 is 1.10 bits per heavy atom. The van der Waals surface area contributed by atoms with Crippen LogP contribution in [0.3, 0.4) is 0 Å². The van der Waals surface area contributed by atoms with Crippen LogP contribution in [0.15, 0.2) is 48.5 Å². The minimum atomic E-state index is -0.273. The van der Waals surface area contributed by atoms with Crippen molar-refractivity contribution in [3.8, 4) is 5.75 Å². The number of likely N-dealkylation sites (N-methyl/N-ethyl adjacent to an activating group) is 1. The highest BCUT2D eigenvalue weighted by molar-refractivity contribution is 5.95. The number of carbonyl (C=O) groups is 2. The fourth-order valence-corrected chi connectivity index (χ4v) is 3.78. The van der Waals surface area contributed by atoms with Crippen molar-refractivity contribution >= 4 is 23.2 Å². The lowest BCUT2D eigenvalue weighted by Gasteiger charge is -2.39. The van der Waals surface area contributed by atoms with Gasteiger partial charge in [0.2, 0.25) is 11.8 Å². The summed E-state index contributed by atoms with van der Waals surface area (Å²) >= 11 is 0. The van der Waals surface area contributed by atoms with E-state index in [0.29, 0.717) is 0 Å². The zero-order chi connectivity index (χ0) is 22.4. The number of anilines is 2. The van der Waals surface area contributed by atoms with Gasteiger partial charge in [0.05, 0.1) is 19.7 Å². The highest BCUT2D eigenvalue weighted by Gasteiger charge is 2.28. The van der Waals surface area contributed by atoms with Gasteiger partial charge in [0.15, 0.2) is 0 Å². The molecular formula is C24H32N4O3. The molecule has 0 spiro atoms. The summed E-state index contributed by atoms with van der Waals surface area (Å²) in [5.74, 6) is 0.595. The smallest absolute Gasteiger partial charge is 0.243 e. The molecule has 1 aliphatic rings. The highest BCUT2D eigenvalue weighted by atomic mass is 16.5. The molecule has 2 amide bonds. The van der Waals surface area contributed by atoms with Crippen LogP contribution in [-0.4, -0.2) is 74.5 Å². The predicted octanol–water partition coefficient (Wildman–Crippen LogP) is 2.61. The summed E-state index contributed by atoms with van der Waals surface area (Å²) in [6, 6.07) is 15.4. The number of nitrogens with zero attached hydrogens (tertiary/aromatic N) is 3. The number of carbonyl (C=O) groups excluding carboxylic acids is 2. The molecule has 1 aliphatic heterocycles. The summed E-state index contributed by atoms with van der Waals surface area (Å²) in [6.45, 7) is 7.18. The zero-order valence-electron chi connectivity index (χ0n) is 18.8. The molecule has 3 rings (SSSR count). The first-order chi connectivity index (χ1) is 14.9. The Hall–Kier alpha value is -3.06. The van der Waals surface area contributed by atoms with E-state index in [1.807, 2.05) is 56.3 Å². The minimum Gasteiger partial charge on any atom is -0.497 e. The van der Waals surface area contributed by atoms with Crippen molar-refractivity contribution in [2.24, 2.45) is 0 Å². The maximum atomic E-state index is 12.9. The Morgan fingerprint density at radius 3 is 2.42 bits per heavy atom. The largest absolute Gasteiger partial charge is 0.497 e. The number of rotatable bonds is 7. The van der Waals surface area contributed by atoms with Gasteiger partial charge in [0.1, 0.15) is 5.75 Å². The van der Waals surface area contributed by atoms with Crippen molar-refractivity contribution in [3.63, 3.8) is 0 Å². The van der Waals surface area contributed by atoms with Crippen molar-refractivity contribution in [3.05, 3.63) is 54.1 Å². The van der Waals surface area contributed by atoms with Gasteiger partial charge in [-0.3, -0.25) is 14.5 Å². The first kappa shape index (κ1) is 22.6. The maximum absolute atomic E-state index is 12.9. The fraction of sp³-hybridized carbons (Fsp3) is 0.417. The summed E-state index contributed by atoms with van der Waals surface area (Å²) in [4.78, 5) is 31.2. The molecule has 2 aromatic rings. The van der Waals surface area contributed by atoms with E-state index >= 15 is 0 Å². The molecule has 1 atom stereocenters. The number of nitrogens with one attached hydrogen (secondary N) is 1. The number of methoxy groups -OCH3 is 1. The van der Waals surface area contributed by atoms with Gasteiger partial charge in [-0.05, 0) is 38.1 Å². The molecule has 7 nitrogen and oxygen atoms in total. The number of amides is 2. The molecular weight excluding hydrogens is 392 g/mol. The lowest BCUT2D eigenvalue weighted by Crippen LogP contribution is -2.54. The molecule has 0 radical (unpaired) electrons.